The quantitative estimate of drug-likeness (QED) is 0.307. The van der Waals surface area contributed by atoms with Gasteiger partial charge in [-0.2, -0.15) is 0 Å². The second-order valence-corrected chi connectivity index (χ2v) is 3.38. The van der Waals surface area contributed by atoms with Crippen LogP contribution < -0.4 is 0 Å². The molecule has 0 aromatic carbocycles. The van der Waals surface area contributed by atoms with E-state index in [0.29, 0.717) is 6.42 Å². The summed E-state index contributed by atoms with van der Waals surface area (Å²) in [5, 5.41) is 0. The molecule has 0 unspecified atom stereocenters. The Morgan fingerprint density at radius 2 is 1.36 bits per heavy atom. The van der Waals surface area contributed by atoms with Crippen LogP contribution in [0.3, 0.4) is 0 Å². The number of aldehydes is 1. The molecule has 14 heavy (non-hydrogen) atoms. The van der Waals surface area contributed by atoms with Gasteiger partial charge in [-0.25, -0.2) is 0 Å². The average molecular weight is 194 g/mol. The molecule has 1 nitrogen and oxygen atoms in total. The van der Waals surface area contributed by atoms with Gasteiger partial charge in [0.2, 0.25) is 0 Å². The molecule has 0 aliphatic rings. The molecule has 0 aliphatic heterocycles. The number of carbonyl (C=O) groups excluding carboxylic acids is 1. The van der Waals surface area contributed by atoms with Gasteiger partial charge in [0, 0.05) is 6.42 Å². The summed E-state index contributed by atoms with van der Waals surface area (Å²) in [6.07, 6.45) is 17.3. The Bertz CT molecular complexity index is 168. The predicted molar refractivity (Wildman–Crippen MR) is 62.3 cm³/mol. The van der Waals surface area contributed by atoms with Crippen LogP contribution in [0.1, 0.15) is 51.9 Å². The fraction of sp³-hybridized carbons (Fsp3) is 0.615. The second kappa shape index (κ2) is 12.2. The van der Waals surface area contributed by atoms with E-state index in [1.807, 2.05) is 0 Å². The molecule has 0 aromatic rings. The fourth-order valence-corrected chi connectivity index (χ4v) is 1.21. The van der Waals surface area contributed by atoms with Crippen LogP contribution in [0.4, 0.5) is 0 Å². The maximum absolute atomic E-state index is 10.00. The van der Waals surface area contributed by atoms with Crippen molar-refractivity contribution in [3.05, 3.63) is 24.3 Å². The van der Waals surface area contributed by atoms with Crippen molar-refractivity contribution in [3.8, 4) is 0 Å². The number of allylic oxidation sites excluding steroid dienone is 4. The third kappa shape index (κ3) is 11.2. The van der Waals surface area contributed by atoms with Gasteiger partial charge in [0.1, 0.15) is 6.29 Å². The lowest BCUT2D eigenvalue weighted by Crippen LogP contribution is -1.74. The van der Waals surface area contributed by atoms with Crippen molar-refractivity contribution in [2.75, 3.05) is 0 Å². The molecular formula is C13H22O. The van der Waals surface area contributed by atoms with Crippen molar-refractivity contribution in [3.63, 3.8) is 0 Å². The highest BCUT2D eigenvalue weighted by Gasteiger charge is 1.83. The molecule has 1 heteroatoms. The molecule has 0 heterocycles. The molecule has 0 atom stereocenters. The number of hydrogen-bond donors (Lipinski definition) is 0. The van der Waals surface area contributed by atoms with E-state index in [1.54, 1.807) is 0 Å². The first-order valence-corrected chi connectivity index (χ1v) is 5.65. The van der Waals surface area contributed by atoms with Gasteiger partial charge in [0.15, 0.2) is 0 Å². The van der Waals surface area contributed by atoms with Crippen molar-refractivity contribution in [2.45, 2.75) is 51.9 Å². The third-order valence-electron chi connectivity index (χ3n) is 2.01. The maximum atomic E-state index is 10.00. The Hall–Kier alpha value is -0.850. The molecule has 0 bridgehead atoms. The van der Waals surface area contributed by atoms with Crippen molar-refractivity contribution >= 4 is 6.29 Å². The van der Waals surface area contributed by atoms with E-state index < -0.39 is 0 Å². The number of rotatable bonds is 9. The van der Waals surface area contributed by atoms with Gasteiger partial charge in [-0.15, -0.1) is 0 Å². The second-order valence-electron chi connectivity index (χ2n) is 3.38. The highest BCUT2D eigenvalue weighted by atomic mass is 16.1. The minimum Gasteiger partial charge on any atom is -0.303 e. The van der Waals surface area contributed by atoms with Gasteiger partial charge >= 0.3 is 0 Å². The first kappa shape index (κ1) is 13.2. The minimum absolute atomic E-state index is 0.662. The third-order valence-corrected chi connectivity index (χ3v) is 2.01. The summed E-state index contributed by atoms with van der Waals surface area (Å²) in [5.41, 5.74) is 0. The zero-order valence-corrected chi connectivity index (χ0v) is 9.24. The van der Waals surface area contributed by atoms with E-state index >= 15 is 0 Å². The molecule has 0 aromatic heterocycles. The van der Waals surface area contributed by atoms with E-state index in [4.69, 9.17) is 0 Å². The maximum Gasteiger partial charge on any atom is 0.120 e. The van der Waals surface area contributed by atoms with Crippen LogP contribution in [0.2, 0.25) is 0 Å². The van der Waals surface area contributed by atoms with Crippen molar-refractivity contribution in [2.24, 2.45) is 0 Å². The van der Waals surface area contributed by atoms with E-state index in [0.717, 1.165) is 25.5 Å². The standard InChI is InChI=1S/C13H22O/c1-2-3-4-5-6-7-8-9-10-11-12-13-14/h3-4,9-10,13H,2,5-8,11-12H2,1H3/b4-3+,10-9+. The van der Waals surface area contributed by atoms with E-state index in [9.17, 15) is 4.79 Å². The minimum atomic E-state index is 0.662. The molecule has 0 rings (SSSR count). The summed E-state index contributed by atoms with van der Waals surface area (Å²) in [7, 11) is 0. The number of unbranched alkanes of at least 4 members (excludes halogenated alkanes) is 4. The predicted octanol–water partition coefficient (Wildman–Crippen LogP) is 4.05. The Kier molecular flexibility index (Phi) is 11.4. The molecule has 0 N–H and O–H groups in total. The smallest absolute Gasteiger partial charge is 0.120 e. The Balaban J connectivity index is 3.08. The molecule has 80 valence electrons. The van der Waals surface area contributed by atoms with Gasteiger partial charge in [-0.05, 0) is 38.5 Å². The van der Waals surface area contributed by atoms with Crippen LogP contribution in [0.5, 0.6) is 0 Å². The van der Waals surface area contributed by atoms with E-state index in [2.05, 4.69) is 31.2 Å². The van der Waals surface area contributed by atoms with Gasteiger partial charge < -0.3 is 4.79 Å². The van der Waals surface area contributed by atoms with Gasteiger partial charge in [-0.1, -0.05) is 31.2 Å². The van der Waals surface area contributed by atoms with Gasteiger partial charge in [0.25, 0.3) is 0 Å². The lowest BCUT2D eigenvalue weighted by Gasteiger charge is -1.92. The summed E-state index contributed by atoms with van der Waals surface area (Å²) < 4.78 is 0. The zero-order chi connectivity index (χ0) is 10.5. The summed E-state index contributed by atoms with van der Waals surface area (Å²) >= 11 is 0. The number of carbonyl (C=O) groups is 1. The normalized spacial score (nSPS) is 11.5. The van der Waals surface area contributed by atoms with E-state index in [1.165, 1.54) is 19.3 Å². The van der Waals surface area contributed by atoms with Gasteiger partial charge in [-0.3, -0.25) is 0 Å². The zero-order valence-electron chi connectivity index (χ0n) is 9.24. The van der Waals surface area contributed by atoms with Gasteiger partial charge in [0.05, 0.1) is 0 Å². The largest absolute Gasteiger partial charge is 0.303 e. The summed E-state index contributed by atoms with van der Waals surface area (Å²) in [4.78, 5) is 10.00. The highest BCUT2D eigenvalue weighted by Crippen LogP contribution is 2.02. The van der Waals surface area contributed by atoms with Crippen molar-refractivity contribution in [1.29, 1.82) is 0 Å². The molecule has 0 spiro atoms. The summed E-state index contributed by atoms with van der Waals surface area (Å²) in [6, 6.07) is 0. The van der Waals surface area contributed by atoms with Crippen LogP contribution in [-0.4, -0.2) is 6.29 Å². The molecule has 0 fully saturated rings. The highest BCUT2D eigenvalue weighted by molar-refractivity contribution is 5.49. The van der Waals surface area contributed by atoms with Crippen LogP contribution in [-0.2, 0) is 4.79 Å². The van der Waals surface area contributed by atoms with Crippen LogP contribution >= 0.6 is 0 Å². The summed E-state index contributed by atoms with van der Waals surface area (Å²) in [5.74, 6) is 0. The van der Waals surface area contributed by atoms with Crippen LogP contribution in [0.15, 0.2) is 24.3 Å². The van der Waals surface area contributed by atoms with Crippen molar-refractivity contribution in [1.82, 2.24) is 0 Å². The Morgan fingerprint density at radius 1 is 0.786 bits per heavy atom. The molecule has 0 saturated heterocycles. The topological polar surface area (TPSA) is 17.1 Å². The number of hydrogen-bond acceptors (Lipinski definition) is 1. The molecular weight excluding hydrogens is 172 g/mol. The lowest BCUT2D eigenvalue weighted by atomic mass is 10.1. The monoisotopic (exact) mass is 194 g/mol. The summed E-state index contributed by atoms with van der Waals surface area (Å²) in [6.45, 7) is 2.16. The molecule has 0 saturated carbocycles. The van der Waals surface area contributed by atoms with Crippen molar-refractivity contribution < 1.29 is 4.79 Å². The molecule has 0 amide bonds. The molecule has 0 radical (unpaired) electrons. The lowest BCUT2D eigenvalue weighted by molar-refractivity contribution is -0.107. The first-order valence-electron chi connectivity index (χ1n) is 5.65. The van der Waals surface area contributed by atoms with Crippen LogP contribution in [0, 0.1) is 0 Å². The van der Waals surface area contributed by atoms with Crippen LogP contribution in [0.25, 0.3) is 0 Å². The Labute approximate surface area is 87.9 Å². The van der Waals surface area contributed by atoms with E-state index in [-0.39, 0.29) is 0 Å². The average Bonchev–Trinajstić information content (AvgIpc) is 2.21. The molecule has 0 aliphatic carbocycles. The first-order chi connectivity index (χ1) is 6.91. The fourth-order valence-electron chi connectivity index (χ4n) is 1.21. The SMILES string of the molecule is CC/C=C/CCCC/C=C/CCC=O. The Morgan fingerprint density at radius 3 is 1.93 bits per heavy atom.